The Bertz CT molecular complexity index is 866. The molecule has 0 unspecified atom stereocenters. The zero-order chi connectivity index (χ0) is 21.3. The van der Waals surface area contributed by atoms with Gasteiger partial charge in [0.1, 0.15) is 0 Å². The number of nitrogens with zero attached hydrogens (tertiary/aromatic N) is 3. The number of carbonyl (C=O) groups is 1. The number of halogens is 1. The minimum Gasteiger partial charge on any atom is -0.466 e. The van der Waals surface area contributed by atoms with Crippen molar-refractivity contribution in [3.05, 3.63) is 62.3 Å². The molecule has 0 spiro atoms. The zero-order valence-electron chi connectivity index (χ0n) is 17.4. The van der Waals surface area contributed by atoms with Gasteiger partial charge in [0, 0.05) is 30.1 Å². The number of guanidine groups is 1. The second kappa shape index (κ2) is 12.6. The van der Waals surface area contributed by atoms with Gasteiger partial charge in [0.05, 0.1) is 30.5 Å². The van der Waals surface area contributed by atoms with Crippen LogP contribution < -0.4 is 5.32 Å². The Morgan fingerprint density at radius 1 is 1.29 bits per heavy atom. The Kier molecular flexibility index (Phi) is 10.2. The molecule has 1 aliphatic rings. The fourth-order valence-corrected chi connectivity index (χ4v) is 3.97. The molecular weight excluding hydrogens is 531 g/mol. The normalized spacial score (nSPS) is 14.6. The molecule has 168 valence electrons. The molecule has 1 saturated heterocycles. The molecular formula is C21H27IN4O4S. The van der Waals surface area contributed by atoms with Gasteiger partial charge < -0.3 is 15.0 Å². The first-order chi connectivity index (χ1) is 14.6. The lowest BCUT2D eigenvalue weighted by Gasteiger charge is -2.33. The van der Waals surface area contributed by atoms with Crippen molar-refractivity contribution < 1.29 is 14.5 Å². The Morgan fingerprint density at radius 3 is 2.58 bits per heavy atom. The van der Waals surface area contributed by atoms with E-state index in [4.69, 9.17) is 9.73 Å². The Labute approximate surface area is 202 Å². The first-order valence-electron chi connectivity index (χ1n) is 10.0. The average molecular weight is 558 g/mol. The minimum absolute atomic E-state index is 0. The molecule has 0 aliphatic carbocycles. The Hall–Kier alpha value is -2.21. The van der Waals surface area contributed by atoms with Crippen LogP contribution >= 0.6 is 35.3 Å². The van der Waals surface area contributed by atoms with Crippen LogP contribution in [-0.4, -0.2) is 41.4 Å². The summed E-state index contributed by atoms with van der Waals surface area (Å²) in [5.74, 6) is 0.603. The summed E-state index contributed by atoms with van der Waals surface area (Å²) >= 11 is 1.68. The number of hydrogen-bond acceptors (Lipinski definition) is 6. The smallest absolute Gasteiger partial charge is 0.309 e. The van der Waals surface area contributed by atoms with Gasteiger partial charge in [-0.25, -0.2) is 4.99 Å². The van der Waals surface area contributed by atoms with Crippen LogP contribution in [0.3, 0.4) is 0 Å². The first kappa shape index (κ1) is 25.1. The van der Waals surface area contributed by atoms with E-state index >= 15 is 0 Å². The van der Waals surface area contributed by atoms with Gasteiger partial charge in [0.2, 0.25) is 0 Å². The Morgan fingerprint density at radius 2 is 2.00 bits per heavy atom. The molecule has 1 fully saturated rings. The molecule has 1 aromatic heterocycles. The van der Waals surface area contributed by atoms with Crippen molar-refractivity contribution in [1.82, 2.24) is 10.2 Å². The van der Waals surface area contributed by atoms with Crippen LogP contribution in [-0.2, 0) is 22.6 Å². The topological polar surface area (TPSA) is 97.1 Å². The number of esters is 1. The van der Waals surface area contributed by atoms with Crippen LogP contribution in [0.4, 0.5) is 5.69 Å². The molecule has 1 N–H and O–H groups in total. The Balaban J connectivity index is 0.00000341. The van der Waals surface area contributed by atoms with E-state index in [0.29, 0.717) is 19.7 Å². The minimum atomic E-state index is -0.408. The number of hydrogen-bond donors (Lipinski definition) is 1. The summed E-state index contributed by atoms with van der Waals surface area (Å²) in [6.07, 6.45) is 1.46. The standard InChI is InChI=1S/C21H26N4O4S.HI/c1-2-29-20(26)17-9-11-24(12-10-17)21(23-15-19-4-3-13-30-19)22-14-16-5-7-18(8-6-16)25(27)28;/h3-8,13,17H,2,9-12,14-15H2,1H3,(H,22,23);1H. The SMILES string of the molecule is CCOC(=O)C1CCN(C(=NCc2ccc([N+](=O)[O-])cc2)NCc2cccs2)CC1.I. The molecule has 2 heterocycles. The van der Waals surface area contributed by atoms with E-state index in [-0.39, 0.29) is 41.6 Å². The third-order valence-electron chi connectivity index (χ3n) is 4.97. The number of nitrogens with one attached hydrogen (secondary N) is 1. The highest BCUT2D eigenvalue weighted by Crippen LogP contribution is 2.20. The van der Waals surface area contributed by atoms with Crippen LogP contribution in [0.2, 0.25) is 0 Å². The third-order valence-corrected chi connectivity index (χ3v) is 5.85. The van der Waals surface area contributed by atoms with Gasteiger partial charge in [-0.15, -0.1) is 35.3 Å². The summed E-state index contributed by atoms with van der Waals surface area (Å²) in [4.78, 5) is 30.5. The summed E-state index contributed by atoms with van der Waals surface area (Å²) in [5.41, 5.74) is 0.970. The number of nitro groups is 1. The number of likely N-dealkylation sites (tertiary alicyclic amines) is 1. The highest BCUT2D eigenvalue weighted by Gasteiger charge is 2.27. The van der Waals surface area contributed by atoms with Crippen LogP contribution in [0.25, 0.3) is 0 Å². The summed E-state index contributed by atoms with van der Waals surface area (Å²) in [6.45, 7) is 4.77. The van der Waals surface area contributed by atoms with Gasteiger partial charge in [-0.3, -0.25) is 14.9 Å². The average Bonchev–Trinajstić information content (AvgIpc) is 3.28. The maximum absolute atomic E-state index is 12.0. The molecule has 2 aromatic rings. The predicted molar refractivity (Wildman–Crippen MR) is 132 cm³/mol. The van der Waals surface area contributed by atoms with E-state index in [1.807, 2.05) is 18.4 Å². The summed E-state index contributed by atoms with van der Waals surface area (Å²) in [5, 5.41) is 16.3. The number of ether oxygens (including phenoxy) is 1. The number of benzene rings is 1. The second-order valence-electron chi connectivity index (χ2n) is 7.01. The van der Waals surface area contributed by atoms with E-state index in [1.54, 1.807) is 23.5 Å². The van der Waals surface area contributed by atoms with Crippen LogP contribution in [0.15, 0.2) is 46.8 Å². The van der Waals surface area contributed by atoms with Crippen LogP contribution in [0, 0.1) is 16.0 Å². The van der Waals surface area contributed by atoms with Gasteiger partial charge in [0.25, 0.3) is 5.69 Å². The molecule has 0 radical (unpaired) electrons. The van der Waals surface area contributed by atoms with Crippen molar-refractivity contribution in [2.24, 2.45) is 10.9 Å². The fourth-order valence-electron chi connectivity index (χ4n) is 3.32. The van der Waals surface area contributed by atoms with Crippen molar-refractivity contribution >= 4 is 52.9 Å². The van der Waals surface area contributed by atoms with Crippen molar-refractivity contribution in [2.75, 3.05) is 19.7 Å². The molecule has 1 aromatic carbocycles. The molecule has 0 saturated carbocycles. The van der Waals surface area contributed by atoms with Crippen molar-refractivity contribution in [3.63, 3.8) is 0 Å². The lowest BCUT2D eigenvalue weighted by atomic mass is 9.97. The number of nitro benzene ring substituents is 1. The number of thiophene rings is 1. The van der Waals surface area contributed by atoms with Gasteiger partial charge in [-0.2, -0.15) is 0 Å². The van der Waals surface area contributed by atoms with Gasteiger partial charge in [-0.05, 0) is 36.8 Å². The maximum atomic E-state index is 12.0. The lowest BCUT2D eigenvalue weighted by molar-refractivity contribution is -0.384. The molecule has 0 bridgehead atoms. The molecule has 0 atom stereocenters. The monoisotopic (exact) mass is 558 g/mol. The number of piperidine rings is 1. The summed E-state index contributed by atoms with van der Waals surface area (Å²) < 4.78 is 5.16. The molecule has 0 amide bonds. The quantitative estimate of drug-likeness (QED) is 0.137. The summed E-state index contributed by atoms with van der Waals surface area (Å²) in [7, 11) is 0. The van der Waals surface area contributed by atoms with E-state index in [0.717, 1.165) is 37.5 Å². The van der Waals surface area contributed by atoms with Crippen molar-refractivity contribution in [1.29, 1.82) is 0 Å². The highest BCUT2D eigenvalue weighted by atomic mass is 127. The molecule has 1 aliphatic heterocycles. The van der Waals surface area contributed by atoms with E-state index in [9.17, 15) is 14.9 Å². The molecule has 10 heteroatoms. The van der Waals surface area contributed by atoms with Crippen molar-refractivity contribution in [3.8, 4) is 0 Å². The van der Waals surface area contributed by atoms with E-state index < -0.39 is 4.92 Å². The highest BCUT2D eigenvalue weighted by molar-refractivity contribution is 14.0. The second-order valence-corrected chi connectivity index (χ2v) is 8.04. The van der Waals surface area contributed by atoms with Crippen LogP contribution in [0.1, 0.15) is 30.2 Å². The fraction of sp³-hybridized carbons (Fsp3) is 0.429. The van der Waals surface area contributed by atoms with Gasteiger partial charge >= 0.3 is 5.97 Å². The number of carbonyl (C=O) groups excluding carboxylic acids is 1. The van der Waals surface area contributed by atoms with E-state index in [2.05, 4.69) is 16.3 Å². The predicted octanol–water partition coefficient (Wildman–Crippen LogP) is 4.20. The largest absolute Gasteiger partial charge is 0.466 e. The van der Waals surface area contributed by atoms with Gasteiger partial charge in [-0.1, -0.05) is 18.2 Å². The van der Waals surface area contributed by atoms with E-state index in [1.165, 1.54) is 17.0 Å². The van der Waals surface area contributed by atoms with Crippen LogP contribution in [0.5, 0.6) is 0 Å². The molecule has 31 heavy (non-hydrogen) atoms. The number of non-ortho nitro benzene ring substituents is 1. The number of aliphatic imine (C=N–C) groups is 1. The summed E-state index contributed by atoms with van der Waals surface area (Å²) in [6, 6.07) is 10.5. The number of rotatable bonds is 7. The van der Waals surface area contributed by atoms with Gasteiger partial charge in [0.15, 0.2) is 5.96 Å². The molecule has 3 rings (SSSR count). The third kappa shape index (κ3) is 7.46. The van der Waals surface area contributed by atoms with Crippen molar-refractivity contribution in [2.45, 2.75) is 32.9 Å². The first-order valence-corrected chi connectivity index (χ1v) is 10.9. The maximum Gasteiger partial charge on any atom is 0.309 e. The molecule has 8 nitrogen and oxygen atoms in total. The zero-order valence-corrected chi connectivity index (χ0v) is 20.5. The lowest BCUT2D eigenvalue weighted by Crippen LogP contribution is -2.46.